The number of carbonyl (C=O) groups is 1. The van der Waals surface area contributed by atoms with E-state index in [0.29, 0.717) is 23.8 Å². The lowest BCUT2D eigenvalue weighted by Crippen LogP contribution is -2.00. The fourth-order valence-electron chi connectivity index (χ4n) is 1.57. The van der Waals surface area contributed by atoms with Gasteiger partial charge >= 0.3 is 0 Å². The number of nitrogens with zero attached hydrogens (tertiary/aromatic N) is 1. The molecule has 0 aliphatic carbocycles. The molecule has 0 amide bonds. The molecule has 2 aromatic rings. The zero-order valence-corrected chi connectivity index (χ0v) is 13.1. The van der Waals surface area contributed by atoms with Crippen molar-refractivity contribution < 1.29 is 9.53 Å². The largest absolute Gasteiger partial charge is 0.485 e. The summed E-state index contributed by atoms with van der Waals surface area (Å²) in [6, 6.07) is 5.39. The molecule has 0 saturated heterocycles. The molecule has 0 radical (unpaired) electrons. The lowest BCUT2D eigenvalue weighted by Gasteiger charge is -2.08. The fourth-order valence-corrected chi connectivity index (χ4v) is 2.89. The highest BCUT2D eigenvalue weighted by molar-refractivity contribution is 9.10. The Bertz CT molecular complexity index is 581. The zero-order chi connectivity index (χ0) is 13.8. The highest BCUT2D eigenvalue weighted by Gasteiger charge is 2.10. The molecular formula is C14H14BrNO2S. The van der Waals surface area contributed by atoms with Crippen LogP contribution in [0.1, 0.15) is 40.8 Å². The van der Waals surface area contributed by atoms with Crippen molar-refractivity contribution in [3.05, 3.63) is 44.3 Å². The number of rotatable bonds is 5. The van der Waals surface area contributed by atoms with Crippen LogP contribution >= 0.6 is 27.3 Å². The van der Waals surface area contributed by atoms with E-state index in [2.05, 4.69) is 34.8 Å². The molecule has 19 heavy (non-hydrogen) atoms. The van der Waals surface area contributed by atoms with Gasteiger partial charge in [-0.05, 0) is 28.1 Å². The Kier molecular flexibility index (Phi) is 4.71. The second-order valence-electron chi connectivity index (χ2n) is 4.40. The number of aromatic nitrogens is 1. The van der Waals surface area contributed by atoms with Crippen LogP contribution in [0.2, 0.25) is 0 Å². The normalized spacial score (nSPS) is 10.7. The molecule has 0 fully saturated rings. The zero-order valence-electron chi connectivity index (χ0n) is 10.7. The summed E-state index contributed by atoms with van der Waals surface area (Å²) in [6.45, 7) is 4.59. The molecule has 0 aliphatic heterocycles. The molecule has 0 bridgehead atoms. The molecule has 1 heterocycles. The quantitative estimate of drug-likeness (QED) is 0.757. The number of aldehydes is 1. The number of hydrogen-bond acceptors (Lipinski definition) is 4. The third kappa shape index (κ3) is 3.42. The molecule has 3 nitrogen and oxygen atoms in total. The van der Waals surface area contributed by atoms with Crippen LogP contribution in [0, 0.1) is 0 Å². The van der Waals surface area contributed by atoms with Crippen molar-refractivity contribution in [1.29, 1.82) is 0 Å². The Morgan fingerprint density at radius 1 is 1.47 bits per heavy atom. The van der Waals surface area contributed by atoms with Crippen LogP contribution in [0.15, 0.2) is 28.1 Å². The van der Waals surface area contributed by atoms with Crippen molar-refractivity contribution in [2.24, 2.45) is 0 Å². The Morgan fingerprint density at radius 3 is 2.89 bits per heavy atom. The average Bonchev–Trinajstić information content (AvgIpc) is 2.86. The Morgan fingerprint density at radius 2 is 2.26 bits per heavy atom. The van der Waals surface area contributed by atoms with E-state index in [-0.39, 0.29) is 0 Å². The molecule has 100 valence electrons. The summed E-state index contributed by atoms with van der Waals surface area (Å²) >= 11 is 5.02. The Balaban J connectivity index is 2.12. The first-order valence-electron chi connectivity index (χ1n) is 5.92. The van der Waals surface area contributed by atoms with Crippen molar-refractivity contribution in [3.8, 4) is 5.75 Å². The van der Waals surface area contributed by atoms with E-state index in [4.69, 9.17) is 4.74 Å². The molecule has 1 aromatic carbocycles. The van der Waals surface area contributed by atoms with Gasteiger partial charge in [0, 0.05) is 11.3 Å². The first-order chi connectivity index (χ1) is 9.11. The number of para-hydroxylation sites is 1. The van der Waals surface area contributed by atoms with Gasteiger partial charge < -0.3 is 4.74 Å². The van der Waals surface area contributed by atoms with Crippen molar-refractivity contribution in [1.82, 2.24) is 4.98 Å². The molecule has 0 N–H and O–H groups in total. The van der Waals surface area contributed by atoms with E-state index in [1.165, 1.54) is 0 Å². The third-order valence-corrected chi connectivity index (χ3v) is 4.37. The molecule has 0 unspecified atom stereocenters. The minimum atomic E-state index is 0.368. The maximum atomic E-state index is 11.0. The van der Waals surface area contributed by atoms with Gasteiger partial charge in [0.25, 0.3) is 0 Å². The molecule has 0 saturated carbocycles. The second-order valence-corrected chi connectivity index (χ2v) is 6.14. The number of benzene rings is 1. The smallest absolute Gasteiger partial charge is 0.153 e. The summed E-state index contributed by atoms with van der Waals surface area (Å²) < 4.78 is 6.48. The number of carbonyl (C=O) groups excluding carboxylic acids is 1. The fraction of sp³-hybridized carbons (Fsp3) is 0.286. The van der Waals surface area contributed by atoms with Crippen LogP contribution in [-0.4, -0.2) is 11.3 Å². The van der Waals surface area contributed by atoms with Gasteiger partial charge in [0.05, 0.1) is 20.7 Å². The van der Waals surface area contributed by atoms with Crippen molar-refractivity contribution in [2.75, 3.05) is 0 Å². The number of halogens is 1. The molecule has 2 rings (SSSR count). The molecule has 5 heteroatoms. The van der Waals surface area contributed by atoms with Crippen LogP contribution in [0.5, 0.6) is 5.75 Å². The summed E-state index contributed by atoms with van der Waals surface area (Å²) in [7, 11) is 0. The van der Waals surface area contributed by atoms with E-state index >= 15 is 0 Å². The van der Waals surface area contributed by atoms with Crippen LogP contribution in [0.3, 0.4) is 0 Å². The van der Waals surface area contributed by atoms with Gasteiger partial charge in [-0.25, -0.2) is 4.98 Å². The van der Waals surface area contributed by atoms with Crippen molar-refractivity contribution in [3.63, 3.8) is 0 Å². The number of thiazole rings is 1. The summed E-state index contributed by atoms with van der Waals surface area (Å²) in [6.07, 6.45) is 0.792. The van der Waals surface area contributed by atoms with Crippen LogP contribution in [0.4, 0.5) is 0 Å². The lowest BCUT2D eigenvalue weighted by atomic mass is 10.2. The summed E-state index contributed by atoms with van der Waals surface area (Å²) in [5.74, 6) is 0.990. The number of hydrogen-bond donors (Lipinski definition) is 0. The maximum absolute atomic E-state index is 11.0. The summed E-state index contributed by atoms with van der Waals surface area (Å²) in [5, 5.41) is 3.09. The van der Waals surface area contributed by atoms with E-state index in [0.717, 1.165) is 21.5 Å². The van der Waals surface area contributed by atoms with E-state index in [9.17, 15) is 4.79 Å². The van der Waals surface area contributed by atoms with Crippen molar-refractivity contribution in [2.45, 2.75) is 26.4 Å². The number of ether oxygens (including phenoxy) is 1. The third-order valence-electron chi connectivity index (χ3n) is 2.55. The maximum Gasteiger partial charge on any atom is 0.153 e. The Hall–Kier alpha value is -1.20. The molecule has 0 aliphatic rings. The monoisotopic (exact) mass is 339 g/mol. The minimum absolute atomic E-state index is 0.368. The van der Waals surface area contributed by atoms with Gasteiger partial charge in [-0.15, -0.1) is 11.3 Å². The predicted molar refractivity (Wildman–Crippen MR) is 80.1 cm³/mol. The first kappa shape index (κ1) is 14.2. The highest BCUT2D eigenvalue weighted by Crippen LogP contribution is 2.29. The van der Waals surface area contributed by atoms with Gasteiger partial charge in [0.1, 0.15) is 12.4 Å². The van der Waals surface area contributed by atoms with E-state index in [1.54, 1.807) is 23.5 Å². The van der Waals surface area contributed by atoms with Gasteiger partial charge in [0.15, 0.2) is 6.29 Å². The van der Waals surface area contributed by atoms with Gasteiger partial charge in [-0.2, -0.15) is 0 Å². The minimum Gasteiger partial charge on any atom is -0.485 e. The van der Waals surface area contributed by atoms with E-state index < -0.39 is 0 Å². The highest BCUT2D eigenvalue weighted by atomic mass is 79.9. The van der Waals surface area contributed by atoms with Gasteiger partial charge in [-0.1, -0.05) is 19.9 Å². The first-order valence-corrected chi connectivity index (χ1v) is 7.60. The van der Waals surface area contributed by atoms with Crippen molar-refractivity contribution >= 4 is 33.6 Å². The van der Waals surface area contributed by atoms with Gasteiger partial charge in [-0.3, -0.25) is 4.79 Å². The topological polar surface area (TPSA) is 39.2 Å². The molecule has 0 atom stereocenters. The molecule has 0 spiro atoms. The standard InChI is InChI=1S/C14H14BrNO2S/c1-9(2)14-16-11(8-19-14)7-18-13-10(6-17)4-3-5-12(13)15/h3-6,8-9H,7H2,1-2H3. The van der Waals surface area contributed by atoms with Crippen LogP contribution < -0.4 is 4.74 Å². The Labute approximate surface area is 124 Å². The van der Waals surface area contributed by atoms with Crippen LogP contribution in [-0.2, 0) is 6.61 Å². The SMILES string of the molecule is CC(C)c1nc(COc2c(Br)cccc2C=O)cs1. The van der Waals surface area contributed by atoms with Crippen LogP contribution in [0.25, 0.3) is 0 Å². The lowest BCUT2D eigenvalue weighted by molar-refractivity contribution is 0.111. The predicted octanol–water partition coefficient (Wildman–Crippen LogP) is 4.42. The summed E-state index contributed by atoms with van der Waals surface area (Å²) in [5.41, 5.74) is 1.43. The molecular weight excluding hydrogens is 326 g/mol. The second kappa shape index (κ2) is 6.30. The average molecular weight is 340 g/mol. The van der Waals surface area contributed by atoms with Gasteiger partial charge in [0.2, 0.25) is 0 Å². The molecule has 1 aromatic heterocycles. The summed E-state index contributed by atoms with van der Waals surface area (Å²) in [4.78, 5) is 15.5. The van der Waals surface area contributed by atoms with E-state index in [1.807, 2.05) is 11.4 Å².